The molecule has 0 unspecified atom stereocenters. The average Bonchev–Trinajstić information content (AvgIpc) is 3.09. The number of aromatic nitrogens is 6. The van der Waals surface area contributed by atoms with E-state index in [0.29, 0.717) is 18.2 Å². The van der Waals surface area contributed by atoms with Crippen molar-refractivity contribution in [1.82, 2.24) is 34.3 Å². The molecular formula is C18H24N8O. The monoisotopic (exact) mass is 368 g/mol. The minimum atomic E-state index is -0.0245. The van der Waals surface area contributed by atoms with Crippen molar-refractivity contribution in [2.45, 2.75) is 25.3 Å². The van der Waals surface area contributed by atoms with Crippen molar-refractivity contribution in [1.29, 1.82) is 0 Å². The fourth-order valence-corrected chi connectivity index (χ4v) is 3.51. The van der Waals surface area contributed by atoms with Gasteiger partial charge in [-0.05, 0) is 38.1 Å². The first kappa shape index (κ1) is 17.6. The fraction of sp³-hybridized carbons (Fsp3) is 0.500. The van der Waals surface area contributed by atoms with E-state index >= 15 is 0 Å². The van der Waals surface area contributed by atoms with Crippen molar-refractivity contribution in [3.63, 3.8) is 0 Å². The average molecular weight is 368 g/mol. The van der Waals surface area contributed by atoms with Crippen LogP contribution in [0.15, 0.2) is 29.3 Å². The van der Waals surface area contributed by atoms with Gasteiger partial charge in [0.05, 0.1) is 0 Å². The van der Waals surface area contributed by atoms with Crippen LogP contribution in [-0.4, -0.2) is 61.4 Å². The summed E-state index contributed by atoms with van der Waals surface area (Å²) in [5.41, 5.74) is 1.35. The summed E-state index contributed by atoms with van der Waals surface area (Å²) in [6, 6.07) is 3.90. The van der Waals surface area contributed by atoms with Crippen molar-refractivity contribution >= 4 is 11.5 Å². The highest BCUT2D eigenvalue weighted by Crippen LogP contribution is 2.27. The number of hydrogen-bond donors (Lipinski definition) is 0. The van der Waals surface area contributed by atoms with E-state index in [2.05, 4.69) is 25.2 Å². The van der Waals surface area contributed by atoms with Gasteiger partial charge >= 0.3 is 0 Å². The highest BCUT2D eigenvalue weighted by atomic mass is 16.1. The lowest BCUT2D eigenvalue weighted by Crippen LogP contribution is -2.36. The molecule has 9 heteroatoms. The summed E-state index contributed by atoms with van der Waals surface area (Å²) in [4.78, 5) is 20.7. The molecule has 0 radical (unpaired) electrons. The molecule has 4 heterocycles. The number of likely N-dealkylation sites (tertiary alicyclic amines) is 1. The molecule has 3 aromatic heterocycles. The summed E-state index contributed by atoms with van der Waals surface area (Å²) < 4.78 is 3.44. The molecule has 1 aliphatic rings. The third kappa shape index (κ3) is 3.42. The molecule has 0 aliphatic carbocycles. The van der Waals surface area contributed by atoms with E-state index in [-0.39, 0.29) is 5.56 Å². The van der Waals surface area contributed by atoms with Crippen LogP contribution in [0.2, 0.25) is 0 Å². The highest BCUT2D eigenvalue weighted by Gasteiger charge is 2.26. The molecular weight excluding hydrogens is 344 g/mol. The second-order valence-corrected chi connectivity index (χ2v) is 7.25. The molecule has 142 valence electrons. The van der Waals surface area contributed by atoms with Gasteiger partial charge in [-0.2, -0.15) is 4.52 Å². The van der Waals surface area contributed by atoms with Gasteiger partial charge in [0.15, 0.2) is 11.5 Å². The van der Waals surface area contributed by atoms with Crippen LogP contribution in [0.3, 0.4) is 0 Å². The number of piperidine rings is 1. The summed E-state index contributed by atoms with van der Waals surface area (Å²) in [5, 5.41) is 13.3. The van der Waals surface area contributed by atoms with Crippen molar-refractivity contribution < 1.29 is 0 Å². The lowest BCUT2D eigenvalue weighted by atomic mass is 9.96. The first-order valence-corrected chi connectivity index (χ1v) is 9.15. The van der Waals surface area contributed by atoms with Crippen molar-refractivity contribution in [2.75, 3.05) is 32.1 Å². The van der Waals surface area contributed by atoms with Gasteiger partial charge in [0, 0.05) is 46.0 Å². The van der Waals surface area contributed by atoms with Crippen LogP contribution in [0, 0.1) is 0 Å². The standard InChI is InChI=1S/C18H24N8O/c1-23(2)16-5-4-15-20-21-17(26(15)22-16)13-6-9-25(10-7-13)12-14-18(27)24(3)11-8-19-14/h4-5,8,11,13H,6-7,9-10,12H2,1-3H3. The summed E-state index contributed by atoms with van der Waals surface area (Å²) in [7, 11) is 5.70. The first-order chi connectivity index (χ1) is 13.0. The molecule has 0 atom stereocenters. The maximum absolute atomic E-state index is 12.2. The maximum Gasteiger partial charge on any atom is 0.273 e. The Balaban J connectivity index is 1.48. The lowest BCUT2D eigenvalue weighted by molar-refractivity contribution is 0.197. The second-order valence-electron chi connectivity index (χ2n) is 7.25. The normalized spacial score (nSPS) is 16.1. The molecule has 1 aliphatic heterocycles. The van der Waals surface area contributed by atoms with E-state index < -0.39 is 0 Å². The molecule has 0 bridgehead atoms. The van der Waals surface area contributed by atoms with Gasteiger partial charge in [0.1, 0.15) is 11.5 Å². The largest absolute Gasteiger partial charge is 0.361 e. The Bertz CT molecular complexity index is 1000. The molecule has 1 fully saturated rings. The number of rotatable bonds is 4. The number of nitrogens with zero attached hydrogens (tertiary/aromatic N) is 8. The van der Waals surface area contributed by atoms with E-state index in [1.54, 1.807) is 24.0 Å². The number of hydrogen-bond acceptors (Lipinski definition) is 7. The van der Waals surface area contributed by atoms with Crippen LogP contribution in [0.4, 0.5) is 5.82 Å². The van der Waals surface area contributed by atoms with E-state index in [1.165, 1.54) is 0 Å². The Morgan fingerprint density at radius 3 is 2.70 bits per heavy atom. The zero-order chi connectivity index (χ0) is 19.0. The highest BCUT2D eigenvalue weighted by molar-refractivity contribution is 5.45. The molecule has 1 saturated heterocycles. The Hall–Kier alpha value is -2.81. The van der Waals surface area contributed by atoms with Crippen LogP contribution < -0.4 is 10.5 Å². The smallest absolute Gasteiger partial charge is 0.273 e. The summed E-state index contributed by atoms with van der Waals surface area (Å²) >= 11 is 0. The zero-order valence-corrected chi connectivity index (χ0v) is 15.9. The van der Waals surface area contributed by atoms with Crippen LogP contribution in [0.5, 0.6) is 0 Å². The Morgan fingerprint density at radius 2 is 1.96 bits per heavy atom. The Labute approximate surface area is 157 Å². The van der Waals surface area contributed by atoms with Gasteiger partial charge in [0.25, 0.3) is 5.56 Å². The van der Waals surface area contributed by atoms with E-state index in [9.17, 15) is 4.79 Å². The van der Waals surface area contributed by atoms with Crippen LogP contribution in [0.1, 0.15) is 30.3 Å². The topological polar surface area (TPSA) is 84.5 Å². The summed E-state index contributed by atoms with van der Waals surface area (Å²) in [6.45, 7) is 2.38. The van der Waals surface area contributed by atoms with Gasteiger partial charge < -0.3 is 9.47 Å². The fourth-order valence-electron chi connectivity index (χ4n) is 3.51. The van der Waals surface area contributed by atoms with Crippen molar-refractivity contribution in [3.05, 3.63) is 46.4 Å². The molecule has 9 nitrogen and oxygen atoms in total. The molecule has 0 spiro atoms. The minimum absolute atomic E-state index is 0.0245. The predicted molar refractivity (Wildman–Crippen MR) is 102 cm³/mol. The van der Waals surface area contributed by atoms with Gasteiger partial charge in [-0.25, -0.2) is 0 Å². The SMILES string of the molecule is CN(C)c1ccc2nnc(C3CCN(Cc4nccn(C)c4=O)CC3)n2n1. The lowest BCUT2D eigenvalue weighted by Gasteiger charge is -2.30. The maximum atomic E-state index is 12.2. The van der Waals surface area contributed by atoms with Gasteiger partial charge in [0.2, 0.25) is 0 Å². The van der Waals surface area contributed by atoms with Gasteiger partial charge in [-0.1, -0.05) is 0 Å². The summed E-state index contributed by atoms with van der Waals surface area (Å²) in [6.07, 6.45) is 5.28. The Morgan fingerprint density at radius 1 is 1.19 bits per heavy atom. The first-order valence-electron chi connectivity index (χ1n) is 9.15. The van der Waals surface area contributed by atoms with Crippen LogP contribution in [-0.2, 0) is 13.6 Å². The molecule has 3 aromatic rings. The van der Waals surface area contributed by atoms with Crippen LogP contribution in [0.25, 0.3) is 5.65 Å². The van der Waals surface area contributed by atoms with Crippen molar-refractivity contribution in [3.8, 4) is 0 Å². The minimum Gasteiger partial charge on any atom is -0.361 e. The molecule has 0 amide bonds. The van der Waals surface area contributed by atoms with Crippen LogP contribution >= 0.6 is 0 Å². The number of anilines is 1. The molecule has 0 N–H and O–H groups in total. The van der Waals surface area contributed by atoms with Crippen molar-refractivity contribution in [2.24, 2.45) is 7.05 Å². The van der Waals surface area contributed by atoms with Gasteiger partial charge in [-0.15, -0.1) is 15.3 Å². The molecule has 4 rings (SSSR count). The zero-order valence-electron chi connectivity index (χ0n) is 15.9. The van der Waals surface area contributed by atoms with Gasteiger partial charge in [-0.3, -0.25) is 14.7 Å². The summed E-state index contributed by atoms with van der Waals surface area (Å²) in [5.74, 6) is 2.11. The molecule has 0 aromatic carbocycles. The molecule has 27 heavy (non-hydrogen) atoms. The van der Waals surface area contributed by atoms with E-state index in [1.807, 2.05) is 35.6 Å². The van der Waals surface area contributed by atoms with E-state index in [4.69, 9.17) is 0 Å². The predicted octanol–water partition coefficient (Wildman–Crippen LogP) is 0.664. The Kier molecular flexibility index (Phi) is 4.61. The number of aryl methyl sites for hydroxylation is 1. The third-order valence-electron chi connectivity index (χ3n) is 5.15. The molecule has 0 saturated carbocycles. The quantitative estimate of drug-likeness (QED) is 0.669. The second kappa shape index (κ2) is 7.07. The third-order valence-corrected chi connectivity index (χ3v) is 5.15. The number of fused-ring (bicyclic) bond motifs is 1. The van der Waals surface area contributed by atoms with E-state index in [0.717, 1.165) is 43.2 Å².